The molecule has 15 heavy (non-hydrogen) atoms. The largest absolute Gasteiger partial charge is 0.304 e. The first kappa shape index (κ1) is 13.0. The van der Waals surface area contributed by atoms with Crippen molar-refractivity contribution < 1.29 is 0 Å². The van der Waals surface area contributed by atoms with E-state index in [-0.39, 0.29) is 0 Å². The zero-order valence-electron chi connectivity index (χ0n) is 11.5. The standard InChI is InChI=1S/C13H28N2/c1-10(12-11(2)15(12)7)8-9-13(3,4)14(5)6/h10-12H,8-9H2,1-7H3/t10?,11-,12+,15?/m0/s1. The summed E-state index contributed by atoms with van der Waals surface area (Å²) in [6.45, 7) is 9.40. The Hall–Kier alpha value is -0.0800. The molecule has 0 aliphatic carbocycles. The quantitative estimate of drug-likeness (QED) is 0.646. The number of hydrogen-bond donors (Lipinski definition) is 0. The van der Waals surface area contributed by atoms with Gasteiger partial charge in [-0.3, -0.25) is 4.90 Å². The van der Waals surface area contributed by atoms with Gasteiger partial charge >= 0.3 is 0 Å². The molecule has 1 aliphatic heterocycles. The smallest absolute Gasteiger partial charge is 0.0274 e. The van der Waals surface area contributed by atoms with Crippen molar-refractivity contribution in [1.82, 2.24) is 9.80 Å². The molecule has 1 heterocycles. The Morgan fingerprint density at radius 1 is 1.33 bits per heavy atom. The normalized spacial score (nSPS) is 33.2. The van der Waals surface area contributed by atoms with Gasteiger partial charge in [-0.05, 0) is 60.7 Å². The van der Waals surface area contributed by atoms with Crippen molar-refractivity contribution in [3.8, 4) is 0 Å². The van der Waals surface area contributed by atoms with Gasteiger partial charge in [0.2, 0.25) is 0 Å². The zero-order valence-corrected chi connectivity index (χ0v) is 11.5. The van der Waals surface area contributed by atoms with E-state index in [1.807, 2.05) is 0 Å². The molecule has 0 saturated carbocycles. The molecule has 4 atom stereocenters. The summed E-state index contributed by atoms with van der Waals surface area (Å²) in [5.74, 6) is 0.837. The van der Waals surface area contributed by atoms with Crippen molar-refractivity contribution in [2.45, 2.75) is 58.2 Å². The molecule has 2 nitrogen and oxygen atoms in total. The van der Waals surface area contributed by atoms with Crippen LogP contribution in [0.15, 0.2) is 0 Å². The molecule has 0 radical (unpaired) electrons. The SMILES string of the molecule is CC(CCC(C)(C)N(C)C)[C@@H]1[C@H](C)N1C. The molecular weight excluding hydrogens is 184 g/mol. The third kappa shape index (κ3) is 2.94. The minimum atomic E-state index is 0.338. The van der Waals surface area contributed by atoms with Crippen LogP contribution in [0.2, 0.25) is 0 Å². The lowest BCUT2D eigenvalue weighted by Gasteiger charge is -2.33. The Bertz CT molecular complexity index is 203. The van der Waals surface area contributed by atoms with Gasteiger partial charge in [-0.1, -0.05) is 6.92 Å². The minimum absolute atomic E-state index is 0.338. The van der Waals surface area contributed by atoms with Crippen LogP contribution in [0.4, 0.5) is 0 Å². The molecule has 90 valence electrons. The van der Waals surface area contributed by atoms with Crippen molar-refractivity contribution in [1.29, 1.82) is 0 Å². The van der Waals surface area contributed by atoms with Crippen molar-refractivity contribution in [3.05, 3.63) is 0 Å². The molecular formula is C13H28N2. The summed E-state index contributed by atoms with van der Waals surface area (Å²) in [6, 6.07) is 1.64. The van der Waals surface area contributed by atoms with E-state index in [0.29, 0.717) is 5.54 Å². The Morgan fingerprint density at radius 2 is 1.80 bits per heavy atom. The lowest BCUT2D eigenvalue weighted by molar-refractivity contribution is 0.169. The summed E-state index contributed by atoms with van der Waals surface area (Å²) in [7, 11) is 6.59. The highest BCUT2D eigenvalue weighted by atomic mass is 15.3. The second-order valence-corrected chi connectivity index (χ2v) is 6.12. The van der Waals surface area contributed by atoms with E-state index < -0.39 is 0 Å². The van der Waals surface area contributed by atoms with Crippen LogP contribution >= 0.6 is 0 Å². The topological polar surface area (TPSA) is 6.25 Å². The molecule has 1 aliphatic rings. The molecule has 1 rings (SSSR count). The minimum Gasteiger partial charge on any atom is -0.304 e. The van der Waals surface area contributed by atoms with Crippen LogP contribution in [0, 0.1) is 5.92 Å². The molecule has 0 bridgehead atoms. The van der Waals surface area contributed by atoms with Crippen molar-refractivity contribution in [2.75, 3.05) is 21.1 Å². The van der Waals surface area contributed by atoms with Gasteiger partial charge in [-0.15, -0.1) is 0 Å². The molecule has 2 heteroatoms. The summed E-state index contributed by atoms with van der Waals surface area (Å²) >= 11 is 0. The summed E-state index contributed by atoms with van der Waals surface area (Å²) in [4.78, 5) is 4.81. The van der Waals surface area contributed by atoms with Crippen molar-refractivity contribution >= 4 is 0 Å². The van der Waals surface area contributed by atoms with E-state index in [1.54, 1.807) is 0 Å². The molecule has 1 fully saturated rings. The van der Waals surface area contributed by atoms with Gasteiger partial charge in [0.1, 0.15) is 0 Å². The summed E-state index contributed by atoms with van der Waals surface area (Å²) in [5.41, 5.74) is 0.338. The van der Waals surface area contributed by atoms with Crippen LogP contribution in [-0.4, -0.2) is 48.6 Å². The van der Waals surface area contributed by atoms with Crippen molar-refractivity contribution in [3.63, 3.8) is 0 Å². The van der Waals surface area contributed by atoms with Gasteiger partial charge in [-0.2, -0.15) is 0 Å². The molecule has 0 aromatic carbocycles. The van der Waals surface area contributed by atoms with Crippen molar-refractivity contribution in [2.24, 2.45) is 5.92 Å². The lowest BCUT2D eigenvalue weighted by Crippen LogP contribution is -2.38. The van der Waals surface area contributed by atoms with Crippen LogP contribution in [0.3, 0.4) is 0 Å². The maximum atomic E-state index is 2.48. The van der Waals surface area contributed by atoms with E-state index >= 15 is 0 Å². The van der Waals surface area contributed by atoms with Crippen LogP contribution in [0.5, 0.6) is 0 Å². The van der Waals surface area contributed by atoms with E-state index in [1.165, 1.54) is 12.8 Å². The highest BCUT2D eigenvalue weighted by Crippen LogP contribution is 2.35. The van der Waals surface area contributed by atoms with Gasteiger partial charge < -0.3 is 4.90 Å². The van der Waals surface area contributed by atoms with Crippen LogP contribution < -0.4 is 0 Å². The van der Waals surface area contributed by atoms with Gasteiger partial charge in [-0.25, -0.2) is 0 Å². The van der Waals surface area contributed by atoms with E-state index in [2.05, 4.69) is 58.6 Å². The monoisotopic (exact) mass is 212 g/mol. The predicted octanol–water partition coefficient (Wildman–Crippen LogP) is 2.45. The number of hydrogen-bond acceptors (Lipinski definition) is 2. The Kier molecular flexibility index (Phi) is 3.83. The zero-order chi connectivity index (χ0) is 11.8. The fraction of sp³-hybridized carbons (Fsp3) is 1.00. The Balaban J connectivity index is 2.32. The number of nitrogens with zero attached hydrogens (tertiary/aromatic N) is 2. The molecule has 0 N–H and O–H groups in total. The van der Waals surface area contributed by atoms with Gasteiger partial charge in [0.25, 0.3) is 0 Å². The van der Waals surface area contributed by atoms with Gasteiger partial charge in [0, 0.05) is 17.6 Å². The summed E-state index contributed by atoms with van der Waals surface area (Å²) in [5, 5.41) is 0. The number of rotatable bonds is 5. The lowest BCUT2D eigenvalue weighted by atomic mass is 9.90. The predicted molar refractivity (Wildman–Crippen MR) is 67.2 cm³/mol. The first-order valence-electron chi connectivity index (χ1n) is 6.16. The molecule has 1 saturated heterocycles. The highest BCUT2D eigenvalue weighted by Gasteiger charge is 2.43. The fourth-order valence-electron chi connectivity index (χ4n) is 2.38. The van der Waals surface area contributed by atoms with Gasteiger partial charge in [0.05, 0.1) is 0 Å². The average Bonchev–Trinajstić information content (AvgIpc) is 2.71. The van der Waals surface area contributed by atoms with E-state index in [4.69, 9.17) is 0 Å². The maximum absolute atomic E-state index is 2.48. The van der Waals surface area contributed by atoms with Crippen LogP contribution in [-0.2, 0) is 0 Å². The summed E-state index contributed by atoms with van der Waals surface area (Å²) in [6.07, 6.45) is 2.63. The maximum Gasteiger partial charge on any atom is 0.0274 e. The van der Waals surface area contributed by atoms with E-state index in [0.717, 1.165) is 18.0 Å². The second-order valence-electron chi connectivity index (χ2n) is 6.12. The third-order valence-corrected chi connectivity index (χ3v) is 4.52. The van der Waals surface area contributed by atoms with Gasteiger partial charge in [0.15, 0.2) is 0 Å². The first-order valence-corrected chi connectivity index (χ1v) is 6.16. The molecule has 0 amide bonds. The second kappa shape index (κ2) is 4.42. The molecule has 0 aromatic rings. The Morgan fingerprint density at radius 3 is 2.13 bits per heavy atom. The average molecular weight is 212 g/mol. The van der Waals surface area contributed by atoms with E-state index in [9.17, 15) is 0 Å². The van der Waals surface area contributed by atoms with Crippen LogP contribution in [0.25, 0.3) is 0 Å². The molecule has 2 unspecified atom stereocenters. The molecule has 0 spiro atoms. The Labute approximate surface area is 95.6 Å². The summed E-state index contributed by atoms with van der Waals surface area (Å²) < 4.78 is 0. The first-order chi connectivity index (χ1) is 6.77. The number of likely N-dealkylation sites (N-methyl/N-ethyl adjacent to an activating group) is 1. The van der Waals surface area contributed by atoms with Crippen LogP contribution in [0.1, 0.15) is 40.5 Å². The molecule has 0 aromatic heterocycles. The third-order valence-electron chi connectivity index (χ3n) is 4.52. The fourth-order valence-corrected chi connectivity index (χ4v) is 2.38. The highest BCUT2D eigenvalue weighted by molar-refractivity contribution is 4.99.